The van der Waals surface area contributed by atoms with Gasteiger partial charge in [-0.3, -0.25) is 0 Å². The molecular weight excluding hydrogens is 150 g/mol. The monoisotopic (exact) mass is 165 g/mol. The predicted molar refractivity (Wildman–Crippen MR) is 51.3 cm³/mol. The van der Waals surface area contributed by atoms with E-state index in [9.17, 15) is 0 Å². The van der Waals surface area contributed by atoms with E-state index in [1.54, 1.807) is 0 Å². The lowest BCUT2D eigenvalue weighted by Gasteiger charge is -1.93. The molecule has 0 saturated carbocycles. The second kappa shape index (κ2) is 8.24. The Morgan fingerprint density at radius 2 is 2.00 bits per heavy atom. The van der Waals surface area contributed by atoms with E-state index in [-0.39, 0.29) is 13.5 Å². The van der Waals surface area contributed by atoms with Crippen molar-refractivity contribution >= 4 is 30.7 Å². The fraction of sp³-hybridized carbons (Fsp3) is 0.833. The van der Waals surface area contributed by atoms with E-state index in [2.05, 4.69) is 19.1 Å². The van der Waals surface area contributed by atoms with E-state index in [1.165, 1.54) is 12.8 Å². The maximum atomic E-state index is 5.26. The lowest BCUT2D eigenvalue weighted by atomic mass is 10.2. The van der Waals surface area contributed by atoms with Crippen LogP contribution in [0.4, 0.5) is 0 Å². The molecule has 2 N–H and O–H groups in total. The molecule has 0 aromatic carbocycles. The summed E-state index contributed by atoms with van der Waals surface area (Å²) in [5.74, 6) is 0. The number of thiocarbonyl (C=S) groups is 1. The molecule has 0 aromatic heterocycles. The molecule has 0 aliphatic heterocycles. The van der Waals surface area contributed by atoms with Crippen molar-refractivity contribution < 1.29 is 0 Å². The summed E-state index contributed by atoms with van der Waals surface area (Å²) in [5, 5.41) is 0. The second-order valence-electron chi connectivity index (χ2n) is 1.92. The summed E-state index contributed by atoms with van der Waals surface area (Å²) in [6, 6.07) is 0. The van der Waals surface area contributed by atoms with E-state index < -0.39 is 0 Å². The molecule has 0 unspecified atom stereocenters. The quantitative estimate of drug-likeness (QED) is 0.509. The van der Waals surface area contributed by atoms with Crippen LogP contribution in [-0.2, 0) is 0 Å². The number of nitrogens with two attached hydrogens (primary N) is 1. The first-order valence-electron chi connectivity index (χ1n) is 3.05. The van der Waals surface area contributed by atoms with Crippen molar-refractivity contribution in [3.63, 3.8) is 0 Å². The molecule has 1 nitrogen and oxygen atoms in total. The highest BCUT2D eigenvalue weighted by Crippen LogP contribution is 1.97. The Hall–Kier alpha value is 0.240. The topological polar surface area (TPSA) is 26.0 Å². The third-order valence-electron chi connectivity index (χ3n) is 1.03. The highest BCUT2D eigenvalue weighted by molar-refractivity contribution is 7.80. The van der Waals surface area contributed by atoms with Gasteiger partial charge in [0.2, 0.25) is 0 Å². The maximum Gasteiger partial charge on any atom is 0.0727 e. The normalized spacial score (nSPS) is 8.11. The smallest absolute Gasteiger partial charge is 0.0727 e. The third-order valence-corrected chi connectivity index (χ3v) is 1.23. The predicted octanol–water partition coefficient (Wildman–Crippen LogP) is 1.97. The van der Waals surface area contributed by atoms with Crippen LogP contribution in [0.3, 0.4) is 0 Å². The minimum absolute atomic E-state index is 0. The number of hydrogen-bond donors (Lipinski definition) is 1. The molecule has 0 aromatic rings. The van der Waals surface area contributed by atoms with Gasteiger partial charge in [0.1, 0.15) is 0 Å². The van der Waals surface area contributed by atoms with Gasteiger partial charge in [-0.15, -0.1) is 0 Å². The van der Waals surface area contributed by atoms with Gasteiger partial charge in [0, 0.05) is 0 Å². The first-order valence-corrected chi connectivity index (χ1v) is 3.46. The summed E-state index contributed by atoms with van der Waals surface area (Å²) in [6.45, 7) is 2.17. The fourth-order valence-electron chi connectivity index (χ4n) is 0.549. The zero-order chi connectivity index (χ0) is 6.41. The Morgan fingerprint density at radius 3 is 2.33 bits per heavy atom. The average molecular weight is 165 g/mol. The summed E-state index contributed by atoms with van der Waals surface area (Å²) < 4.78 is 0. The zero-order valence-electron chi connectivity index (χ0n) is 5.81. The van der Waals surface area contributed by atoms with E-state index in [0.717, 1.165) is 12.8 Å². The summed E-state index contributed by atoms with van der Waals surface area (Å²) in [5.41, 5.74) is 5.26. The van der Waals surface area contributed by atoms with Crippen molar-refractivity contribution in [1.29, 1.82) is 0 Å². The van der Waals surface area contributed by atoms with Gasteiger partial charge in [-0.1, -0.05) is 32.0 Å². The van der Waals surface area contributed by atoms with E-state index in [0.29, 0.717) is 4.99 Å². The van der Waals surface area contributed by atoms with Gasteiger partial charge < -0.3 is 5.73 Å². The van der Waals surface area contributed by atoms with Crippen LogP contribution < -0.4 is 5.73 Å². The van der Waals surface area contributed by atoms with Crippen molar-refractivity contribution in [3.05, 3.63) is 0 Å². The highest BCUT2D eigenvalue weighted by Gasteiger charge is 1.86. The number of unbranched alkanes of at least 4 members (excludes halogenated alkanes) is 2. The summed E-state index contributed by atoms with van der Waals surface area (Å²) in [4.78, 5) is 0.651. The molecule has 0 rings (SSSR count). The molecule has 0 saturated heterocycles. The minimum atomic E-state index is 0. The summed E-state index contributed by atoms with van der Waals surface area (Å²) >= 11 is 4.69. The van der Waals surface area contributed by atoms with Crippen LogP contribution in [0.5, 0.6) is 0 Å². The maximum absolute atomic E-state index is 5.26. The van der Waals surface area contributed by atoms with Crippen molar-refractivity contribution in [2.45, 2.75) is 32.6 Å². The Bertz CT molecular complexity index is 73.5. The molecule has 0 bridgehead atoms. The number of hydrogen-bond acceptors (Lipinski definition) is 1. The molecule has 0 atom stereocenters. The van der Waals surface area contributed by atoms with Crippen LogP contribution in [-0.4, -0.2) is 4.99 Å². The molecular formula is C6H15NS2. The Kier molecular flexibility index (Phi) is 11.0. The van der Waals surface area contributed by atoms with Gasteiger partial charge in [-0.2, -0.15) is 13.5 Å². The molecule has 0 aliphatic rings. The van der Waals surface area contributed by atoms with Crippen molar-refractivity contribution in [2.75, 3.05) is 0 Å². The van der Waals surface area contributed by atoms with Gasteiger partial charge in [0.05, 0.1) is 4.99 Å². The van der Waals surface area contributed by atoms with Crippen LogP contribution in [0.25, 0.3) is 0 Å². The van der Waals surface area contributed by atoms with Gasteiger partial charge in [0.25, 0.3) is 0 Å². The molecule has 0 fully saturated rings. The van der Waals surface area contributed by atoms with Gasteiger partial charge in [0.15, 0.2) is 0 Å². The lowest BCUT2D eigenvalue weighted by molar-refractivity contribution is 0.743. The molecule has 0 spiro atoms. The van der Waals surface area contributed by atoms with Crippen molar-refractivity contribution in [1.82, 2.24) is 0 Å². The van der Waals surface area contributed by atoms with Crippen molar-refractivity contribution in [3.8, 4) is 0 Å². The SMILES string of the molecule is CCCCCC(N)=S.S. The first kappa shape index (κ1) is 12.0. The summed E-state index contributed by atoms with van der Waals surface area (Å²) in [6.07, 6.45) is 4.56. The minimum Gasteiger partial charge on any atom is -0.393 e. The first-order chi connectivity index (χ1) is 3.77. The lowest BCUT2D eigenvalue weighted by Crippen LogP contribution is -2.06. The highest BCUT2D eigenvalue weighted by atomic mass is 32.1. The zero-order valence-corrected chi connectivity index (χ0v) is 7.63. The van der Waals surface area contributed by atoms with Gasteiger partial charge in [-0.25, -0.2) is 0 Å². The molecule has 56 valence electrons. The van der Waals surface area contributed by atoms with Gasteiger partial charge >= 0.3 is 0 Å². The molecule has 0 heterocycles. The van der Waals surface area contributed by atoms with Crippen LogP contribution in [0.2, 0.25) is 0 Å². The van der Waals surface area contributed by atoms with E-state index >= 15 is 0 Å². The third kappa shape index (κ3) is 11.7. The molecule has 3 heteroatoms. The standard InChI is InChI=1S/C6H13NS.H2S/c1-2-3-4-5-6(7)8;/h2-5H2,1H3,(H2,7,8);1H2. The Labute approximate surface area is 69.5 Å². The molecule has 9 heavy (non-hydrogen) atoms. The van der Waals surface area contributed by atoms with Crippen molar-refractivity contribution in [2.24, 2.45) is 5.73 Å². The largest absolute Gasteiger partial charge is 0.393 e. The van der Waals surface area contributed by atoms with Crippen LogP contribution in [0.15, 0.2) is 0 Å². The van der Waals surface area contributed by atoms with Crippen LogP contribution in [0.1, 0.15) is 32.6 Å². The van der Waals surface area contributed by atoms with E-state index in [1.807, 2.05) is 0 Å². The number of rotatable bonds is 4. The van der Waals surface area contributed by atoms with Crippen LogP contribution >= 0.6 is 25.7 Å². The molecule has 0 radical (unpaired) electrons. The van der Waals surface area contributed by atoms with Crippen LogP contribution in [0, 0.1) is 0 Å². The Morgan fingerprint density at radius 1 is 1.44 bits per heavy atom. The molecule has 0 aliphatic carbocycles. The Balaban J connectivity index is 0. The average Bonchev–Trinajstić information content (AvgIpc) is 1.66. The second-order valence-corrected chi connectivity index (χ2v) is 2.45. The van der Waals surface area contributed by atoms with Gasteiger partial charge in [-0.05, 0) is 12.8 Å². The molecule has 0 amide bonds. The van der Waals surface area contributed by atoms with E-state index in [4.69, 9.17) is 5.73 Å². The fourth-order valence-corrected chi connectivity index (χ4v) is 0.694. The summed E-state index contributed by atoms with van der Waals surface area (Å²) in [7, 11) is 0.